The number of sulfone groups is 1. The molecule has 0 heterocycles. The lowest BCUT2D eigenvalue weighted by atomic mass is 10.3. The predicted molar refractivity (Wildman–Crippen MR) is 67.9 cm³/mol. The highest BCUT2D eigenvalue weighted by Gasteiger charge is 2.23. The van der Waals surface area contributed by atoms with E-state index in [-0.39, 0.29) is 17.3 Å². The lowest BCUT2D eigenvalue weighted by Crippen LogP contribution is -2.37. The fraction of sp³-hybridized carbons (Fsp3) is 0.300. The number of halogens is 1. The molecule has 1 aromatic carbocycles. The SMILES string of the molecule is COc1ccc(S(=O)(=O)CC(N)C(=O)O)cc1.Cl. The summed E-state index contributed by atoms with van der Waals surface area (Å²) in [4.78, 5) is 10.5. The van der Waals surface area contributed by atoms with Gasteiger partial charge in [-0.2, -0.15) is 0 Å². The normalized spacial score (nSPS) is 12.3. The minimum absolute atomic E-state index is 0. The lowest BCUT2D eigenvalue weighted by Gasteiger charge is -2.08. The van der Waals surface area contributed by atoms with Crippen LogP contribution in [0.3, 0.4) is 0 Å². The highest BCUT2D eigenvalue weighted by molar-refractivity contribution is 7.91. The van der Waals surface area contributed by atoms with E-state index in [0.29, 0.717) is 5.75 Å². The second-order valence-electron chi connectivity index (χ2n) is 3.40. The zero-order chi connectivity index (χ0) is 13.1. The van der Waals surface area contributed by atoms with Crippen LogP contribution in [-0.4, -0.2) is 38.4 Å². The maximum atomic E-state index is 11.8. The molecule has 18 heavy (non-hydrogen) atoms. The van der Waals surface area contributed by atoms with E-state index in [9.17, 15) is 13.2 Å². The van der Waals surface area contributed by atoms with Crippen LogP contribution in [0.15, 0.2) is 29.2 Å². The fourth-order valence-electron chi connectivity index (χ4n) is 1.19. The summed E-state index contributed by atoms with van der Waals surface area (Å²) in [6.45, 7) is 0. The van der Waals surface area contributed by atoms with Gasteiger partial charge in [-0.05, 0) is 24.3 Å². The van der Waals surface area contributed by atoms with Gasteiger partial charge in [0.05, 0.1) is 17.8 Å². The third kappa shape index (κ3) is 4.17. The van der Waals surface area contributed by atoms with Gasteiger partial charge >= 0.3 is 5.97 Å². The van der Waals surface area contributed by atoms with Gasteiger partial charge in [-0.15, -0.1) is 12.4 Å². The van der Waals surface area contributed by atoms with Gasteiger partial charge in [0, 0.05) is 0 Å². The molecular weight excluding hydrogens is 282 g/mol. The summed E-state index contributed by atoms with van der Waals surface area (Å²) in [6.07, 6.45) is 0. The van der Waals surface area contributed by atoms with Gasteiger partial charge < -0.3 is 15.6 Å². The van der Waals surface area contributed by atoms with Crippen LogP contribution < -0.4 is 10.5 Å². The molecule has 8 heteroatoms. The van der Waals surface area contributed by atoms with Crippen LogP contribution >= 0.6 is 12.4 Å². The van der Waals surface area contributed by atoms with Gasteiger partial charge in [0.25, 0.3) is 0 Å². The Hall–Kier alpha value is -1.31. The molecule has 0 amide bonds. The maximum Gasteiger partial charge on any atom is 0.321 e. The molecule has 6 nitrogen and oxygen atoms in total. The van der Waals surface area contributed by atoms with E-state index in [4.69, 9.17) is 15.6 Å². The molecule has 1 rings (SSSR count). The molecule has 0 saturated heterocycles. The quantitative estimate of drug-likeness (QED) is 0.809. The van der Waals surface area contributed by atoms with Crippen LogP contribution in [0.1, 0.15) is 0 Å². The van der Waals surface area contributed by atoms with Crippen molar-refractivity contribution in [3.05, 3.63) is 24.3 Å². The molecule has 0 fully saturated rings. The third-order valence-electron chi connectivity index (χ3n) is 2.13. The summed E-state index contributed by atoms with van der Waals surface area (Å²) in [6, 6.07) is 4.24. The largest absolute Gasteiger partial charge is 0.497 e. The Kier molecular flexibility index (Phi) is 6.10. The number of carbonyl (C=O) groups is 1. The molecule has 1 atom stereocenters. The van der Waals surface area contributed by atoms with E-state index in [2.05, 4.69) is 0 Å². The Morgan fingerprint density at radius 3 is 2.28 bits per heavy atom. The fourth-order valence-corrected chi connectivity index (χ4v) is 2.55. The summed E-state index contributed by atoms with van der Waals surface area (Å²) in [5.74, 6) is -1.46. The standard InChI is InChI=1S/C10H13NO5S.ClH/c1-16-7-2-4-8(5-3-7)17(14,15)6-9(11)10(12)13;/h2-5,9H,6,11H2,1H3,(H,12,13);1H. The molecule has 0 spiro atoms. The van der Waals surface area contributed by atoms with Gasteiger partial charge in [-0.3, -0.25) is 4.79 Å². The number of hydrogen-bond acceptors (Lipinski definition) is 5. The molecule has 102 valence electrons. The van der Waals surface area contributed by atoms with Gasteiger partial charge in [0.2, 0.25) is 0 Å². The summed E-state index contributed by atoms with van der Waals surface area (Å²) in [5, 5.41) is 8.56. The van der Waals surface area contributed by atoms with E-state index >= 15 is 0 Å². The minimum Gasteiger partial charge on any atom is -0.497 e. The number of hydrogen-bond donors (Lipinski definition) is 2. The monoisotopic (exact) mass is 295 g/mol. The smallest absolute Gasteiger partial charge is 0.321 e. The van der Waals surface area contributed by atoms with E-state index in [0.717, 1.165) is 0 Å². The van der Waals surface area contributed by atoms with E-state index in [1.54, 1.807) is 0 Å². The Labute approximate surface area is 111 Å². The van der Waals surface area contributed by atoms with E-state index < -0.39 is 27.6 Å². The molecule has 1 aromatic rings. The zero-order valence-electron chi connectivity index (χ0n) is 9.57. The van der Waals surface area contributed by atoms with Crippen molar-refractivity contribution >= 4 is 28.2 Å². The average molecular weight is 296 g/mol. The van der Waals surface area contributed by atoms with E-state index in [1.807, 2.05) is 0 Å². The number of benzene rings is 1. The number of nitrogens with two attached hydrogens (primary N) is 1. The Morgan fingerprint density at radius 2 is 1.89 bits per heavy atom. The molecule has 0 aliphatic heterocycles. The Balaban J connectivity index is 0.00000289. The first kappa shape index (κ1) is 16.7. The van der Waals surface area contributed by atoms with Crippen molar-refractivity contribution in [2.24, 2.45) is 5.73 Å². The summed E-state index contributed by atoms with van der Waals surface area (Å²) >= 11 is 0. The zero-order valence-corrected chi connectivity index (χ0v) is 11.2. The molecule has 0 aromatic heterocycles. The van der Waals surface area contributed by atoms with Gasteiger partial charge in [0.15, 0.2) is 9.84 Å². The number of rotatable bonds is 5. The highest BCUT2D eigenvalue weighted by atomic mass is 35.5. The van der Waals surface area contributed by atoms with Crippen molar-refractivity contribution < 1.29 is 23.1 Å². The molecular formula is C10H14ClNO5S. The number of carboxylic acids is 1. The van der Waals surface area contributed by atoms with Crippen LogP contribution in [0.4, 0.5) is 0 Å². The van der Waals surface area contributed by atoms with Crippen LogP contribution in [0.5, 0.6) is 5.75 Å². The van der Waals surface area contributed by atoms with Gasteiger partial charge in [0.1, 0.15) is 11.8 Å². The second kappa shape index (κ2) is 6.58. The maximum absolute atomic E-state index is 11.8. The van der Waals surface area contributed by atoms with Crippen LogP contribution in [0, 0.1) is 0 Å². The van der Waals surface area contributed by atoms with E-state index in [1.165, 1.54) is 31.4 Å². The summed E-state index contributed by atoms with van der Waals surface area (Å²) in [7, 11) is -2.23. The van der Waals surface area contributed by atoms with Crippen molar-refractivity contribution in [1.82, 2.24) is 0 Å². The minimum atomic E-state index is -3.69. The molecule has 0 bridgehead atoms. The number of methoxy groups -OCH3 is 1. The molecule has 0 aliphatic carbocycles. The van der Waals surface area contributed by atoms with Crippen molar-refractivity contribution in [2.45, 2.75) is 10.9 Å². The van der Waals surface area contributed by atoms with Crippen LogP contribution in [0.25, 0.3) is 0 Å². The number of ether oxygens (including phenoxy) is 1. The topological polar surface area (TPSA) is 107 Å². The first-order valence-electron chi connectivity index (χ1n) is 4.72. The Morgan fingerprint density at radius 1 is 1.39 bits per heavy atom. The lowest BCUT2D eigenvalue weighted by molar-refractivity contribution is -0.137. The van der Waals surface area contributed by atoms with Crippen molar-refractivity contribution in [3.63, 3.8) is 0 Å². The number of aliphatic carboxylic acids is 1. The van der Waals surface area contributed by atoms with Crippen molar-refractivity contribution in [1.29, 1.82) is 0 Å². The molecule has 0 saturated carbocycles. The molecule has 0 aliphatic rings. The summed E-state index contributed by atoms with van der Waals surface area (Å²) in [5.41, 5.74) is 5.19. The van der Waals surface area contributed by atoms with Gasteiger partial charge in [-0.25, -0.2) is 8.42 Å². The summed E-state index contributed by atoms with van der Waals surface area (Å²) < 4.78 is 28.4. The number of carboxylic acid groups (broad SMARTS) is 1. The second-order valence-corrected chi connectivity index (χ2v) is 5.44. The average Bonchev–Trinajstić information content (AvgIpc) is 2.28. The molecule has 3 N–H and O–H groups in total. The van der Waals surface area contributed by atoms with Crippen LogP contribution in [0.2, 0.25) is 0 Å². The first-order valence-corrected chi connectivity index (χ1v) is 6.37. The van der Waals surface area contributed by atoms with Crippen molar-refractivity contribution in [3.8, 4) is 5.75 Å². The molecule has 0 radical (unpaired) electrons. The van der Waals surface area contributed by atoms with Gasteiger partial charge in [-0.1, -0.05) is 0 Å². The van der Waals surface area contributed by atoms with Crippen molar-refractivity contribution in [2.75, 3.05) is 12.9 Å². The van der Waals surface area contributed by atoms with Crippen LogP contribution in [-0.2, 0) is 14.6 Å². The predicted octanol–water partition coefficient (Wildman–Crippen LogP) is 0.303. The molecule has 1 unspecified atom stereocenters. The Bertz CT molecular complexity index is 500. The highest BCUT2D eigenvalue weighted by Crippen LogP contribution is 2.17. The third-order valence-corrected chi connectivity index (χ3v) is 3.92. The first-order chi connectivity index (χ1) is 7.86.